The van der Waals surface area contributed by atoms with E-state index in [-0.39, 0.29) is 10.8 Å². The number of piperazine rings is 1. The lowest BCUT2D eigenvalue weighted by atomic mass is 10.2. The molecule has 8 heteroatoms. The number of benzene rings is 2. The van der Waals surface area contributed by atoms with Crippen LogP contribution in [0.3, 0.4) is 0 Å². The van der Waals surface area contributed by atoms with Crippen LogP contribution in [0.4, 0.5) is 0 Å². The fraction of sp³-hybridized carbons (Fsp3) is 0.400. The summed E-state index contributed by atoms with van der Waals surface area (Å²) in [7, 11) is -3.77. The quantitative estimate of drug-likeness (QED) is 0.557. The Morgan fingerprint density at radius 2 is 1.73 bits per heavy atom. The van der Waals surface area contributed by atoms with Gasteiger partial charge in [-0.15, -0.1) is 0 Å². The zero-order valence-corrected chi connectivity index (χ0v) is 20.9. The summed E-state index contributed by atoms with van der Waals surface area (Å²) in [6.07, 6.45) is 6.67. The van der Waals surface area contributed by atoms with Gasteiger partial charge in [0.05, 0.1) is 4.90 Å². The second-order valence-electron chi connectivity index (χ2n) is 8.21. The standard InChI is InChI=1S/C25H33N3O3S2/c1-21-10-12-23(13-11-21)33(30,31)26-24(14-20-32-2)25(29)28-18-16-27(17-19-28)15-6-9-22-7-4-3-5-8-22/h3-13,24,26H,14-20H2,1-2H3/b9-6+. The lowest BCUT2D eigenvalue weighted by molar-refractivity contribution is -0.134. The predicted octanol–water partition coefficient (Wildman–Crippen LogP) is 3.25. The van der Waals surface area contributed by atoms with Crippen LogP contribution < -0.4 is 4.72 Å². The van der Waals surface area contributed by atoms with E-state index in [0.717, 1.165) is 25.2 Å². The lowest BCUT2D eigenvalue weighted by Crippen LogP contribution is -2.55. The molecule has 1 aliphatic rings. The number of sulfonamides is 1. The van der Waals surface area contributed by atoms with Crippen molar-refractivity contribution in [2.45, 2.75) is 24.3 Å². The Morgan fingerprint density at radius 3 is 2.36 bits per heavy atom. The van der Waals surface area contributed by atoms with E-state index in [1.54, 1.807) is 40.9 Å². The molecule has 1 heterocycles. The minimum absolute atomic E-state index is 0.140. The summed E-state index contributed by atoms with van der Waals surface area (Å²) in [4.78, 5) is 17.5. The van der Waals surface area contributed by atoms with Gasteiger partial charge in [0.1, 0.15) is 6.04 Å². The third kappa shape index (κ3) is 7.71. The summed E-state index contributed by atoms with van der Waals surface area (Å²) < 4.78 is 28.4. The average molecular weight is 488 g/mol. The van der Waals surface area contributed by atoms with Crippen molar-refractivity contribution in [2.24, 2.45) is 0 Å². The number of hydrogen-bond acceptors (Lipinski definition) is 5. The molecule has 178 valence electrons. The molecule has 1 aliphatic heterocycles. The van der Waals surface area contributed by atoms with Gasteiger partial charge in [0.15, 0.2) is 0 Å². The second kappa shape index (κ2) is 12.4. The van der Waals surface area contributed by atoms with Crippen molar-refractivity contribution in [3.8, 4) is 0 Å². The highest BCUT2D eigenvalue weighted by molar-refractivity contribution is 7.98. The van der Waals surface area contributed by atoms with Gasteiger partial charge >= 0.3 is 0 Å². The minimum atomic E-state index is -3.77. The van der Waals surface area contributed by atoms with Gasteiger partial charge in [-0.25, -0.2) is 8.42 Å². The highest BCUT2D eigenvalue weighted by Gasteiger charge is 2.30. The molecular weight excluding hydrogens is 454 g/mol. The van der Waals surface area contributed by atoms with E-state index in [1.165, 1.54) is 5.56 Å². The van der Waals surface area contributed by atoms with Crippen LogP contribution in [0, 0.1) is 6.92 Å². The number of hydrogen-bond donors (Lipinski definition) is 1. The van der Waals surface area contributed by atoms with Crippen LogP contribution in [0.25, 0.3) is 6.08 Å². The van der Waals surface area contributed by atoms with Crippen LogP contribution >= 0.6 is 11.8 Å². The summed E-state index contributed by atoms with van der Waals surface area (Å²) in [6, 6.07) is 16.1. The van der Waals surface area contributed by atoms with Crippen molar-refractivity contribution in [1.82, 2.24) is 14.5 Å². The molecule has 1 atom stereocenters. The first-order chi connectivity index (χ1) is 15.9. The molecule has 0 aliphatic carbocycles. The molecule has 33 heavy (non-hydrogen) atoms. The van der Waals surface area contributed by atoms with Gasteiger partial charge in [-0.2, -0.15) is 16.5 Å². The molecule has 0 bridgehead atoms. The Balaban J connectivity index is 1.57. The van der Waals surface area contributed by atoms with E-state index in [2.05, 4.69) is 33.9 Å². The molecule has 2 aromatic carbocycles. The molecule has 1 saturated heterocycles. The number of nitrogens with one attached hydrogen (secondary N) is 1. The number of aryl methyl sites for hydroxylation is 1. The SMILES string of the molecule is CSCCC(NS(=O)(=O)c1ccc(C)cc1)C(=O)N1CCN(C/C=C/c2ccccc2)CC1. The largest absolute Gasteiger partial charge is 0.339 e. The monoisotopic (exact) mass is 487 g/mol. The summed E-state index contributed by atoms with van der Waals surface area (Å²) in [5.74, 6) is 0.566. The van der Waals surface area contributed by atoms with Gasteiger partial charge in [0.2, 0.25) is 15.9 Å². The zero-order chi connectivity index (χ0) is 23.7. The van der Waals surface area contributed by atoms with E-state index in [4.69, 9.17) is 0 Å². The Kier molecular flexibility index (Phi) is 9.55. The van der Waals surface area contributed by atoms with Crippen molar-refractivity contribution < 1.29 is 13.2 Å². The summed E-state index contributed by atoms with van der Waals surface area (Å²) in [5.41, 5.74) is 2.16. The molecule has 1 fully saturated rings. The Bertz CT molecular complexity index is 1020. The molecule has 2 aromatic rings. The summed E-state index contributed by atoms with van der Waals surface area (Å²) >= 11 is 1.60. The molecule has 0 radical (unpaired) electrons. The maximum Gasteiger partial charge on any atom is 0.241 e. The molecule has 6 nitrogen and oxygen atoms in total. The number of thioether (sulfide) groups is 1. The fourth-order valence-corrected chi connectivity index (χ4v) is 5.41. The van der Waals surface area contributed by atoms with Gasteiger partial charge in [-0.05, 0) is 43.0 Å². The highest BCUT2D eigenvalue weighted by atomic mass is 32.2. The van der Waals surface area contributed by atoms with Gasteiger partial charge < -0.3 is 4.90 Å². The smallest absolute Gasteiger partial charge is 0.241 e. The van der Waals surface area contributed by atoms with Crippen molar-refractivity contribution in [3.05, 3.63) is 71.8 Å². The molecule has 3 rings (SSSR count). The molecule has 1 unspecified atom stereocenters. The zero-order valence-electron chi connectivity index (χ0n) is 19.3. The lowest BCUT2D eigenvalue weighted by Gasteiger charge is -2.36. The minimum Gasteiger partial charge on any atom is -0.339 e. The van der Waals surface area contributed by atoms with Gasteiger partial charge in [0, 0.05) is 32.7 Å². The first kappa shape index (κ1) is 25.5. The van der Waals surface area contributed by atoms with Crippen LogP contribution in [0.1, 0.15) is 17.5 Å². The van der Waals surface area contributed by atoms with Crippen LogP contribution in [0.5, 0.6) is 0 Å². The first-order valence-corrected chi connectivity index (χ1v) is 14.1. The van der Waals surface area contributed by atoms with Crippen molar-refractivity contribution in [3.63, 3.8) is 0 Å². The molecule has 0 aromatic heterocycles. The highest BCUT2D eigenvalue weighted by Crippen LogP contribution is 2.14. The van der Waals surface area contributed by atoms with Crippen LogP contribution in [-0.2, 0) is 14.8 Å². The van der Waals surface area contributed by atoms with Crippen LogP contribution in [0.2, 0.25) is 0 Å². The summed E-state index contributed by atoms with van der Waals surface area (Å²) in [6.45, 7) is 5.47. The van der Waals surface area contributed by atoms with Gasteiger partial charge in [-0.1, -0.05) is 60.2 Å². The molecule has 0 spiro atoms. The average Bonchev–Trinajstić information content (AvgIpc) is 2.83. The Labute approximate surface area is 202 Å². The van der Waals surface area contributed by atoms with E-state index in [0.29, 0.717) is 25.3 Å². The maximum atomic E-state index is 13.2. The normalized spacial score (nSPS) is 16.2. The maximum absolute atomic E-state index is 13.2. The van der Waals surface area contributed by atoms with E-state index < -0.39 is 16.1 Å². The first-order valence-electron chi connectivity index (χ1n) is 11.2. The Hall–Kier alpha value is -2.13. The van der Waals surface area contributed by atoms with E-state index >= 15 is 0 Å². The van der Waals surface area contributed by atoms with Gasteiger partial charge in [-0.3, -0.25) is 9.69 Å². The van der Waals surface area contributed by atoms with Crippen molar-refractivity contribution >= 4 is 33.8 Å². The second-order valence-corrected chi connectivity index (χ2v) is 10.9. The Morgan fingerprint density at radius 1 is 1.06 bits per heavy atom. The molecule has 0 saturated carbocycles. The molecule has 1 N–H and O–H groups in total. The van der Waals surface area contributed by atoms with E-state index in [1.807, 2.05) is 31.4 Å². The predicted molar refractivity (Wildman–Crippen MR) is 137 cm³/mol. The van der Waals surface area contributed by atoms with E-state index in [9.17, 15) is 13.2 Å². The molecule has 1 amide bonds. The topological polar surface area (TPSA) is 69.7 Å². The van der Waals surface area contributed by atoms with Gasteiger partial charge in [0.25, 0.3) is 0 Å². The number of carbonyl (C=O) groups excluding carboxylic acids is 1. The summed E-state index contributed by atoms with van der Waals surface area (Å²) in [5, 5.41) is 0. The van der Waals surface area contributed by atoms with Crippen molar-refractivity contribution in [2.75, 3.05) is 44.7 Å². The molecular formula is C25H33N3O3S2. The fourth-order valence-electron chi connectivity index (χ4n) is 3.71. The van der Waals surface area contributed by atoms with Crippen LogP contribution in [0.15, 0.2) is 65.6 Å². The number of carbonyl (C=O) groups is 1. The third-order valence-electron chi connectivity index (χ3n) is 5.69. The number of amides is 1. The number of nitrogens with zero attached hydrogens (tertiary/aromatic N) is 2. The number of rotatable bonds is 10. The third-order valence-corrected chi connectivity index (χ3v) is 7.83. The van der Waals surface area contributed by atoms with Crippen LogP contribution in [-0.4, -0.2) is 74.9 Å². The van der Waals surface area contributed by atoms with Crippen molar-refractivity contribution in [1.29, 1.82) is 0 Å².